The van der Waals surface area contributed by atoms with Gasteiger partial charge in [-0.1, -0.05) is 12.1 Å². The summed E-state index contributed by atoms with van der Waals surface area (Å²) in [6.45, 7) is 1.19. The average Bonchev–Trinajstić information content (AvgIpc) is 2.46. The lowest BCUT2D eigenvalue weighted by atomic mass is 10.3. The summed E-state index contributed by atoms with van der Waals surface area (Å²) in [4.78, 5) is 17.1. The van der Waals surface area contributed by atoms with Crippen molar-refractivity contribution in [2.75, 3.05) is 26.9 Å². The van der Waals surface area contributed by atoms with Crippen LogP contribution in [0.15, 0.2) is 24.3 Å². The number of ether oxygens (including phenoxy) is 2. The lowest BCUT2D eigenvalue weighted by Crippen LogP contribution is -2.38. The van der Waals surface area contributed by atoms with Crippen LogP contribution in [-0.4, -0.2) is 37.8 Å². The number of amides is 1. The van der Waals surface area contributed by atoms with Crippen molar-refractivity contribution < 1.29 is 19.1 Å². The van der Waals surface area contributed by atoms with E-state index in [9.17, 15) is 4.79 Å². The van der Waals surface area contributed by atoms with Crippen LogP contribution in [0.1, 0.15) is 12.8 Å². The van der Waals surface area contributed by atoms with Crippen LogP contribution in [-0.2, 0) is 9.63 Å². The number of rotatable bonds is 4. The van der Waals surface area contributed by atoms with Gasteiger partial charge in [0.05, 0.1) is 13.7 Å². The van der Waals surface area contributed by atoms with Crippen LogP contribution < -0.4 is 9.47 Å². The van der Waals surface area contributed by atoms with E-state index in [0.717, 1.165) is 12.8 Å². The molecule has 1 aromatic carbocycles. The summed E-state index contributed by atoms with van der Waals surface area (Å²) in [5.41, 5.74) is 0. The molecule has 5 nitrogen and oxygen atoms in total. The normalized spacial score (nSPS) is 15.3. The van der Waals surface area contributed by atoms with Crippen LogP contribution in [0, 0.1) is 0 Å². The number of hydrogen-bond acceptors (Lipinski definition) is 4. The summed E-state index contributed by atoms with van der Waals surface area (Å²) in [7, 11) is 1.57. The third kappa shape index (κ3) is 3.13. The largest absolute Gasteiger partial charge is 0.493 e. The van der Waals surface area contributed by atoms with Gasteiger partial charge in [0, 0.05) is 6.54 Å². The van der Waals surface area contributed by atoms with E-state index >= 15 is 0 Å². The molecular formula is C13H17NO4. The number of carbonyl (C=O) groups excluding carboxylic acids is 1. The number of benzene rings is 1. The molecule has 0 saturated carbocycles. The number of methoxy groups -OCH3 is 1. The molecule has 0 radical (unpaired) electrons. The molecule has 0 aromatic heterocycles. The van der Waals surface area contributed by atoms with E-state index in [2.05, 4.69) is 0 Å². The lowest BCUT2D eigenvalue weighted by molar-refractivity contribution is -0.198. The molecule has 1 saturated heterocycles. The molecule has 0 bridgehead atoms. The Kier molecular flexibility index (Phi) is 4.41. The second kappa shape index (κ2) is 6.26. The molecule has 98 valence electrons. The van der Waals surface area contributed by atoms with Crippen LogP contribution in [0.5, 0.6) is 11.5 Å². The van der Waals surface area contributed by atoms with Gasteiger partial charge in [-0.3, -0.25) is 9.63 Å². The highest BCUT2D eigenvalue weighted by atomic mass is 16.7. The number of carbonyl (C=O) groups is 1. The predicted octanol–water partition coefficient (Wildman–Crippen LogP) is 1.63. The lowest BCUT2D eigenvalue weighted by Gasteiger charge is -2.25. The Morgan fingerprint density at radius 2 is 2.11 bits per heavy atom. The molecule has 18 heavy (non-hydrogen) atoms. The fourth-order valence-corrected chi connectivity index (χ4v) is 1.74. The van der Waals surface area contributed by atoms with Crippen molar-refractivity contribution in [1.29, 1.82) is 0 Å². The van der Waals surface area contributed by atoms with Gasteiger partial charge in [-0.2, -0.15) is 0 Å². The van der Waals surface area contributed by atoms with Crippen molar-refractivity contribution in [3.05, 3.63) is 24.3 Å². The van der Waals surface area contributed by atoms with Gasteiger partial charge < -0.3 is 9.47 Å². The zero-order valence-corrected chi connectivity index (χ0v) is 10.4. The SMILES string of the molecule is COc1ccccc1OCC(=O)N1CCCCO1. The second-order valence-corrected chi connectivity index (χ2v) is 3.98. The first-order valence-electron chi connectivity index (χ1n) is 6.00. The first-order chi connectivity index (χ1) is 8.81. The van der Waals surface area contributed by atoms with Gasteiger partial charge in [0.15, 0.2) is 18.1 Å². The minimum Gasteiger partial charge on any atom is -0.493 e. The number of para-hydroxylation sites is 2. The van der Waals surface area contributed by atoms with Gasteiger partial charge >= 0.3 is 0 Å². The Hall–Kier alpha value is -1.75. The molecule has 0 atom stereocenters. The Labute approximate surface area is 106 Å². The van der Waals surface area contributed by atoms with Gasteiger partial charge in [0.2, 0.25) is 0 Å². The third-order valence-electron chi connectivity index (χ3n) is 2.70. The van der Waals surface area contributed by atoms with E-state index in [1.807, 2.05) is 12.1 Å². The second-order valence-electron chi connectivity index (χ2n) is 3.98. The molecular weight excluding hydrogens is 234 g/mol. The van der Waals surface area contributed by atoms with Crippen LogP contribution in [0.4, 0.5) is 0 Å². The Bertz CT molecular complexity index is 402. The molecule has 1 aliphatic heterocycles. The van der Waals surface area contributed by atoms with Gasteiger partial charge in [0.1, 0.15) is 0 Å². The van der Waals surface area contributed by atoms with Crippen molar-refractivity contribution in [3.8, 4) is 11.5 Å². The first kappa shape index (κ1) is 12.7. The minimum atomic E-state index is -0.166. The maximum absolute atomic E-state index is 11.8. The smallest absolute Gasteiger partial charge is 0.283 e. The summed E-state index contributed by atoms with van der Waals surface area (Å²) in [6.07, 6.45) is 1.97. The molecule has 0 spiro atoms. The van der Waals surface area contributed by atoms with E-state index in [1.54, 1.807) is 19.2 Å². The van der Waals surface area contributed by atoms with Crippen LogP contribution in [0.25, 0.3) is 0 Å². The molecule has 1 fully saturated rings. The molecule has 1 aliphatic rings. The third-order valence-corrected chi connectivity index (χ3v) is 2.70. The van der Waals surface area contributed by atoms with Gasteiger partial charge in [-0.25, -0.2) is 5.06 Å². The van der Waals surface area contributed by atoms with Crippen molar-refractivity contribution in [2.45, 2.75) is 12.8 Å². The molecule has 2 rings (SSSR count). The summed E-state index contributed by atoms with van der Waals surface area (Å²) < 4.78 is 10.6. The highest BCUT2D eigenvalue weighted by Gasteiger charge is 2.18. The molecule has 5 heteroatoms. The fraction of sp³-hybridized carbons (Fsp3) is 0.462. The van der Waals surface area contributed by atoms with Crippen LogP contribution in [0.2, 0.25) is 0 Å². The topological polar surface area (TPSA) is 48.0 Å². The van der Waals surface area contributed by atoms with Crippen molar-refractivity contribution >= 4 is 5.91 Å². The molecule has 1 aromatic rings. The number of hydrogen-bond donors (Lipinski definition) is 0. The summed E-state index contributed by atoms with van der Waals surface area (Å²) in [6, 6.07) is 7.24. The van der Waals surface area contributed by atoms with E-state index in [1.165, 1.54) is 5.06 Å². The maximum atomic E-state index is 11.8. The minimum absolute atomic E-state index is 0.0413. The summed E-state index contributed by atoms with van der Waals surface area (Å²) in [5, 5.41) is 1.37. The van der Waals surface area contributed by atoms with Gasteiger partial charge in [0.25, 0.3) is 5.91 Å². The molecule has 1 amide bonds. The standard InChI is InChI=1S/C13H17NO4/c1-16-11-6-2-3-7-12(11)17-10-13(15)14-8-4-5-9-18-14/h2-3,6-7H,4-5,8-10H2,1H3. The predicted molar refractivity (Wildman–Crippen MR) is 65.4 cm³/mol. The Balaban J connectivity index is 1.88. The quantitative estimate of drug-likeness (QED) is 0.816. The average molecular weight is 251 g/mol. The van der Waals surface area contributed by atoms with Crippen LogP contribution in [0.3, 0.4) is 0 Å². The highest BCUT2D eigenvalue weighted by Crippen LogP contribution is 2.25. The van der Waals surface area contributed by atoms with Crippen molar-refractivity contribution in [3.63, 3.8) is 0 Å². The molecule has 1 heterocycles. The molecule has 0 unspecified atom stereocenters. The zero-order chi connectivity index (χ0) is 12.8. The fourth-order valence-electron chi connectivity index (χ4n) is 1.74. The number of hydroxylamine groups is 2. The number of nitrogens with zero attached hydrogens (tertiary/aromatic N) is 1. The van der Waals surface area contributed by atoms with E-state index in [4.69, 9.17) is 14.3 Å². The van der Waals surface area contributed by atoms with E-state index < -0.39 is 0 Å². The summed E-state index contributed by atoms with van der Waals surface area (Å²) >= 11 is 0. The maximum Gasteiger partial charge on any atom is 0.283 e. The summed E-state index contributed by atoms with van der Waals surface area (Å²) in [5.74, 6) is 1.01. The van der Waals surface area contributed by atoms with Gasteiger partial charge in [-0.15, -0.1) is 0 Å². The van der Waals surface area contributed by atoms with Gasteiger partial charge in [-0.05, 0) is 25.0 Å². The Morgan fingerprint density at radius 3 is 2.78 bits per heavy atom. The van der Waals surface area contributed by atoms with Crippen molar-refractivity contribution in [1.82, 2.24) is 5.06 Å². The van der Waals surface area contributed by atoms with Crippen molar-refractivity contribution in [2.24, 2.45) is 0 Å². The van der Waals surface area contributed by atoms with E-state index in [0.29, 0.717) is 24.7 Å². The molecule has 0 aliphatic carbocycles. The zero-order valence-electron chi connectivity index (χ0n) is 10.4. The monoisotopic (exact) mass is 251 g/mol. The first-order valence-corrected chi connectivity index (χ1v) is 6.00. The van der Waals surface area contributed by atoms with E-state index in [-0.39, 0.29) is 12.5 Å². The van der Waals surface area contributed by atoms with Crippen LogP contribution >= 0.6 is 0 Å². The molecule has 0 N–H and O–H groups in total. The highest BCUT2D eigenvalue weighted by molar-refractivity contribution is 5.76. The Morgan fingerprint density at radius 1 is 1.33 bits per heavy atom.